The van der Waals surface area contributed by atoms with Crippen molar-refractivity contribution >= 4 is 22.9 Å². The molecule has 120 valence electrons. The van der Waals surface area contributed by atoms with E-state index in [1.54, 1.807) is 10.8 Å². The highest BCUT2D eigenvalue weighted by molar-refractivity contribution is 7.08. The zero-order valence-corrected chi connectivity index (χ0v) is 14.6. The smallest absolute Gasteiger partial charge is 0.195 e. The minimum absolute atomic E-state index is 0.00985. The molecule has 0 atom stereocenters. The van der Waals surface area contributed by atoms with Gasteiger partial charge in [0.15, 0.2) is 11.6 Å². The number of rotatable bonds is 6. The van der Waals surface area contributed by atoms with Crippen molar-refractivity contribution in [2.24, 2.45) is 0 Å². The third kappa shape index (κ3) is 2.90. The van der Waals surface area contributed by atoms with Gasteiger partial charge in [0.25, 0.3) is 0 Å². The summed E-state index contributed by atoms with van der Waals surface area (Å²) >= 11 is 1.43. The first-order valence-corrected chi connectivity index (χ1v) is 9.43. The Balaban J connectivity index is 2.08. The molecule has 0 unspecified atom stereocenters. The van der Waals surface area contributed by atoms with Crippen LogP contribution in [0.3, 0.4) is 0 Å². The van der Waals surface area contributed by atoms with Crippen LogP contribution < -0.4 is 0 Å². The molecule has 2 nitrogen and oxygen atoms in total. The third-order valence-corrected chi connectivity index (χ3v) is 5.32. The molecule has 0 amide bonds. The van der Waals surface area contributed by atoms with Crippen LogP contribution in [0.2, 0.25) is 0 Å². The summed E-state index contributed by atoms with van der Waals surface area (Å²) in [5, 5.41) is 3.60. The van der Waals surface area contributed by atoms with Crippen molar-refractivity contribution in [2.75, 3.05) is 0 Å². The molecule has 0 bridgehead atoms. The fourth-order valence-electron chi connectivity index (χ4n) is 3.20. The summed E-state index contributed by atoms with van der Waals surface area (Å²) in [4.78, 5) is 25.4. The summed E-state index contributed by atoms with van der Waals surface area (Å²) in [5.74, 6) is 0.0197. The number of hydrogen-bond donors (Lipinski definition) is 0. The SMILES string of the molecule is CCCCc1cc2c(cc1CCCC)C(=O)c1cscc1C2=O. The molecule has 3 heteroatoms. The molecule has 0 fully saturated rings. The third-order valence-electron chi connectivity index (χ3n) is 4.58. The largest absolute Gasteiger partial charge is 0.289 e. The highest BCUT2D eigenvalue weighted by atomic mass is 32.1. The predicted molar refractivity (Wildman–Crippen MR) is 94.9 cm³/mol. The molecule has 1 aliphatic rings. The van der Waals surface area contributed by atoms with E-state index in [1.807, 2.05) is 12.1 Å². The van der Waals surface area contributed by atoms with E-state index in [2.05, 4.69) is 13.8 Å². The predicted octanol–water partition coefficient (Wildman–Crippen LogP) is 5.21. The van der Waals surface area contributed by atoms with Crippen molar-refractivity contribution in [3.8, 4) is 0 Å². The fraction of sp³-hybridized carbons (Fsp3) is 0.400. The topological polar surface area (TPSA) is 34.1 Å². The van der Waals surface area contributed by atoms with Gasteiger partial charge in [-0.3, -0.25) is 9.59 Å². The second-order valence-electron chi connectivity index (χ2n) is 6.23. The van der Waals surface area contributed by atoms with Crippen LogP contribution >= 0.6 is 11.3 Å². The summed E-state index contributed by atoms with van der Waals surface area (Å²) in [6, 6.07) is 3.99. The molecule has 23 heavy (non-hydrogen) atoms. The van der Waals surface area contributed by atoms with Crippen LogP contribution in [0.4, 0.5) is 0 Å². The highest BCUT2D eigenvalue weighted by Gasteiger charge is 2.31. The maximum atomic E-state index is 12.7. The number of carbonyl (C=O) groups is 2. The van der Waals surface area contributed by atoms with E-state index < -0.39 is 0 Å². The van der Waals surface area contributed by atoms with Gasteiger partial charge in [-0.25, -0.2) is 0 Å². The van der Waals surface area contributed by atoms with Crippen LogP contribution in [0.25, 0.3) is 0 Å². The molecule has 2 aromatic rings. The van der Waals surface area contributed by atoms with Gasteiger partial charge < -0.3 is 0 Å². The molecule has 0 saturated carbocycles. The monoisotopic (exact) mass is 326 g/mol. The summed E-state index contributed by atoms with van der Waals surface area (Å²) in [6.07, 6.45) is 6.47. The summed E-state index contributed by atoms with van der Waals surface area (Å²) < 4.78 is 0. The average molecular weight is 326 g/mol. The lowest BCUT2D eigenvalue weighted by Gasteiger charge is -2.19. The van der Waals surface area contributed by atoms with Gasteiger partial charge in [0, 0.05) is 33.0 Å². The second-order valence-corrected chi connectivity index (χ2v) is 6.97. The zero-order valence-electron chi connectivity index (χ0n) is 13.8. The quantitative estimate of drug-likeness (QED) is 0.623. The van der Waals surface area contributed by atoms with E-state index >= 15 is 0 Å². The molecule has 0 spiro atoms. The van der Waals surface area contributed by atoms with Crippen LogP contribution in [-0.4, -0.2) is 11.6 Å². The summed E-state index contributed by atoms with van der Waals surface area (Å²) in [7, 11) is 0. The molecule has 0 aliphatic heterocycles. The molecule has 1 aromatic heterocycles. The van der Waals surface area contributed by atoms with Crippen molar-refractivity contribution in [3.05, 3.63) is 56.3 Å². The Labute approximate surface area is 141 Å². The average Bonchev–Trinajstić information content (AvgIpc) is 3.06. The van der Waals surface area contributed by atoms with Crippen LogP contribution in [0.1, 0.15) is 82.5 Å². The number of thiophene rings is 1. The Morgan fingerprint density at radius 3 is 1.57 bits per heavy atom. The zero-order chi connectivity index (χ0) is 16.4. The number of benzene rings is 1. The van der Waals surface area contributed by atoms with E-state index in [1.165, 1.54) is 22.5 Å². The van der Waals surface area contributed by atoms with Crippen molar-refractivity contribution in [1.29, 1.82) is 0 Å². The van der Waals surface area contributed by atoms with E-state index in [4.69, 9.17) is 0 Å². The molecule has 0 saturated heterocycles. The van der Waals surface area contributed by atoms with Crippen molar-refractivity contribution in [2.45, 2.75) is 52.4 Å². The summed E-state index contributed by atoms with van der Waals surface area (Å²) in [5.41, 5.74) is 4.86. The molecule has 3 rings (SSSR count). The fourth-order valence-corrected chi connectivity index (χ4v) is 4.01. The molecule has 1 aliphatic carbocycles. The Morgan fingerprint density at radius 2 is 1.17 bits per heavy atom. The number of ketones is 2. The number of unbranched alkanes of at least 4 members (excludes halogenated alkanes) is 2. The minimum atomic E-state index is 0.00985. The maximum Gasteiger partial charge on any atom is 0.195 e. The lowest BCUT2D eigenvalue weighted by molar-refractivity contribution is 0.0980. The van der Waals surface area contributed by atoms with E-state index in [0.29, 0.717) is 22.3 Å². The number of fused-ring (bicyclic) bond motifs is 2. The number of carbonyl (C=O) groups excluding carboxylic acids is 2. The highest BCUT2D eigenvalue weighted by Crippen LogP contribution is 2.32. The van der Waals surface area contributed by atoms with Crippen LogP contribution in [0.5, 0.6) is 0 Å². The standard InChI is InChI=1S/C20H22O2S/c1-3-5-7-13-9-15-16(10-14(13)8-6-4-2)20(22)18-12-23-11-17(18)19(15)21/h9-12H,3-8H2,1-2H3. The Bertz CT molecular complexity index is 693. The summed E-state index contributed by atoms with van der Waals surface area (Å²) in [6.45, 7) is 4.35. The first kappa shape index (κ1) is 16.1. The van der Waals surface area contributed by atoms with Crippen LogP contribution in [0.15, 0.2) is 22.9 Å². The molecule has 1 heterocycles. The Kier molecular flexibility index (Phi) is 4.76. The molecule has 1 aromatic carbocycles. The van der Waals surface area contributed by atoms with Gasteiger partial charge in [-0.05, 0) is 48.9 Å². The minimum Gasteiger partial charge on any atom is -0.289 e. The first-order valence-electron chi connectivity index (χ1n) is 8.48. The van der Waals surface area contributed by atoms with E-state index in [-0.39, 0.29) is 11.6 Å². The van der Waals surface area contributed by atoms with Crippen LogP contribution in [-0.2, 0) is 12.8 Å². The number of hydrogen-bond acceptors (Lipinski definition) is 3. The lowest BCUT2D eigenvalue weighted by atomic mass is 9.82. The molecule has 0 radical (unpaired) electrons. The van der Waals surface area contributed by atoms with Gasteiger partial charge in [-0.1, -0.05) is 26.7 Å². The van der Waals surface area contributed by atoms with Gasteiger partial charge >= 0.3 is 0 Å². The first-order chi connectivity index (χ1) is 11.2. The maximum absolute atomic E-state index is 12.7. The van der Waals surface area contributed by atoms with Crippen molar-refractivity contribution in [1.82, 2.24) is 0 Å². The van der Waals surface area contributed by atoms with Gasteiger partial charge in [-0.2, -0.15) is 11.3 Å². The lowest BCUT2D eigenvalue weighted by Crippen LogP contribution is -2.20. The normalized spacial score (nSPS) is 13.1. The Hall–Kier alpha value is -1.74. The van der Waals surface area contributed by atoms with Gasteiger partial charge in [0.1, 0.15) is 0 Å². The van der Waals surface area contributed by atoms with Gasteiger partial charge in [0.2, 0.25) is 0 Å². The van der Waals surface area contributed by atoms with Gasteiger partial charge in [0.05, 0.1) is 0 Å². The molecule has 0 N–H and O–H groups in total. The van der Waals surface area contributed by atoms with E-state index in [9.17, 15) is 9.59 Å². The van der Waals surface area contributed by atoms with Crippen LogP contribution in [0, 0.1) is 0 Å². The van der Waals surface area contributed by atoms with E-state index in [0.717, 1.165) is 38.5 Å². The number of aryl methyl sites for hydroxylation is 2. The van der Waals surface area contributed by atoms with Crippen molar-refractivity contribution < 1.29 is 9.59 Å². The van der Waals surface area contributed by atoms with Gasteiger partial charge in [-0.15, -0.1) is 0 Å². The Morgan fingerprint density at radius 1 is 0.739 bits per heavy atom. The second kappa shape index (κ2) is 6.79. The molecular formula is C20H22O2S. The van der Waals surface area contributed by atoms with Crippen molar-refractivity contribution in [3.63, 3.8) is 0 Å². The molecular weight excluding hydrogens is 304 g/mol.